The summed E-state index contributed by atoms with van der Waals surface area (Å²) in [5.41, 5.74) is 2.92. The quantitative estimate of drug-likeness (QED) is 0.506. The average Bonchev–Trinajstić information content (AvgIpc) is 3.22. The molecule has 4 rings (SSSR count). The number of hydrogen-bond acceptors (Lipinski definition) is 2. The number of nitrogens with zero attached hydrogens (tertiary/aromatic N) is 4. The van der Waals surface area contributed by atoms with Gasteiger partial charge in [-0.25, -0.2) is 23.1 Å². The third kappa shape index (κ3) is 2.94. The van der Waals surface area contributed by atoms with Gasteiger partial charge in [0.25, 0.3) is 6.43 Å². The van der Waals surface area contributed by atoms with Crippen molar-refractivity contribution in [3.8, 4) is 22.5 Å². The predicted molar refractivity (Wildman–Crippen MR) is 92.8 cm³/mol. The van der Waals surface area contributed by atoms with E-state index in [0.29, 0.717) is 22.5 Å². The number of aromatic nitrogens is 4. The van der Waals surface area contributed by atoms with Crippen molar-refractivity contribution in [2.75, 3.05) is 0 Å². The molecular weight excluding hydrogens is 365 g/mol. The van der Waals surface area contributed by atoms with E-state index in [-0.39, 0.29) is 5.02 Å². The molecule has 0 saturated heterocycles. The van der Waals surface area contributed by atoms with Crippen LogP contribution in [0.15, 0.2) is 55.2 Å². The molecule has 3 heterocycles. The minimum atomic E-state index is -2.54. The first kappa shape index (κ1) is 16.7. The van der Waals surface area contributed by atoms with Crippen LogP contribution in [0.4, 0.5) is 13.2 Å². The van der Waals surface area contributed by atoms with Crippen LogP contribution in [0.1, 0.15) is 0 Å². The summed E-state index contributed by atoms with van der Waals surface area (Å²) in [6, 6.07) is 7.76. The Balaban J connectivity index is 1.91. The molecule has 0 bridgehead atoms. The molecule has 4 nitrogen and oxygen atoms in total. The summed E-state index contributed by atoms with van der Waals surface area (Å²) < 4.78 is 42.7. The Hall–Kier alpha value is -2.80. The van der Waals surface area contributed by atoms with Gasteiger partial charge in [-0.1, -0.05) is 11.6 Å². The second-order valence-corrected chi connectivity index (χ2v) is 6.13. The first-order valence-corrected chi connectivity index (χ1v) is 8.12. The lowest BCUT2D eigenvalue weighted by Crippen LogP contribution is -2.07. The molecule has 0 spiro atoms. The van der Waals surface area contributed by atoms with Crippen LogP contribution in [0.25, 0.3) is 28.2 Å². The van der Waals surface area contributed by atoms with Crippen molar-refractivity contribution in [2.45, 2.75) is 13.0 Å². The molecule has 0 N–H and O–H groups in total. The molecule has 4 aromatic rings. The molecule has 0 unspecified atom stereocenters. The first-order chi connectivity index (χ1) is 12.5. The lowest BCUT2D eigenvalue weighted by molar-refractivity contribution is 0.127. The standard InChI is InChI=1S/C18H12ClF3N4/c19-13-7-11(1-3-14(13)20)17-18(26(10-24-17)9-15(21)22)12-2-4-16-23-5-6-25(16)8-12/h1-8,10,15H,9H2. The summed E-state index contributed by atoms with van der Waals surface area (Å²) in [5.74, 6) is -0.552. The largest absolute Gasteiger partial charge is 0.324 e. The predicted octanol–water partition coefficient (Wildman–Crippen LogP) is 4.92. The zero-order chi connectivity index (χ0) is 18.3. The molecule has 8 heteroatoms. The van der Waals surface area contributed by atoms with Gasteiger partial charge in [0.15, 0.2) is 0 Å². The van der Waals surface area contributed by atoms with Gasteiger partial charge < -0.3 is 8.97 Å². The Morgan fingerprint density at radius 3 is 2.65 bits per heavy atom. The van der Waals surface area contributed by atoms with Crippen LogP contribution in [-0.2, 0) is 6.54 Å². The third-order valence-corrected chi connectivity index (χ3v) is 4.32. The van der Waals surface area contributed by atoms with Gasteiger partial charge in [-0.3, -0.25) is 0 Å². The fourth-order valence-electron chi connectivity index (χ4n) is 2.89. The molecule has 1 aromatic carbocycles. The fraction of sp³-hybridized carbons (Fsp3) is 0.111. The van der Waals surface area contributed by atoms with E-state index in [1.165, 1.54) is 29.1 Å². The first-order valence-electron chi connectivity index (χ1n) is 7.75. The van der Waals surface area contributed by atoms with E-state index in [1.807, 2.05) is 0 Å². The van der Waals surface area contributed by atoms with Crippen molar-refractivity contribution >= 4 is 17.2 Å². The van der Waals surface area contributed by atoms with Crippen LogP contribution >= 0.6 is 11.6 Å². The van der Waals surface area contributed by atoms with Crippen LogP contribution in [-0.4, -0.2) is 25.4 Å². The van der Waals surface area contributed by atoms with Gasteiger partial charge >= 0.3 is 0 Å². The van der Waals surface area contributed by atoms with Crippen molar-refractivity contribution in [2.24, 2.45) is 0 Å². The van der Waals surface area contributed by atoms with Gasteiger partial charge in [-0.15, -0.1) is 0 Å². The number of halogens is 4. The number of alkyl halides is 2. The molecule has 132 valence electrons. The maximum absolute atomic E-state index is 13.5. The number of rotatable bonds is 4. The fourth-order valence-corrected chi connectivity index (χ4v) is 3.07. The minimum Gasteiger partial charge on any atom is -0.324 e. The lowest BCUT2D eigenvalue weighted by atomic mass is 10.1. The van der Waals surface area contributed by atoms with Crippen molar-refractivity contribution in [3.63, 3.8) is 0 Å². The number of imidazole rings is 2. The van der Waals surface area contributed by atoms with Gasteiger partial charge in [0.05, 0.1) is 29.3 Å². The summed E-state index contributed by atoms with van der Waals surface area (Å²) in [6.45, 7) is -0.501. The van der Waals surface area contributed by atoms with E-state index in [9.17, 15) is 13.2 Å². The van der Waals surface area contributed by atoms with Gasteiger partial charge in [0.2, 0.25) is 0 Å². The third-order valence-electron chi connectivity index (χ3n) is 4.03. The molecule has 0 saturated carbocycles. The summed E-state index contributed by atoms with van der Waals surface area (Å²) >= 11 is 5.87. The highest BCUT2D eigenvalue weighted by Gasteiger charge is 2.18. The SMILES string of the molecule is Fc1ccc(-c2ncn(CC(F)F)c2-c2ccc3nccn3c2)cc1Cl. The zero-order valence-corrected chi connectivity index (χ0v) is 14.0. The number of pyridine rings is 1. The molecule has 0 radical (unpaired) electrons. The summed E-state index contributed by atoms with van der Waals surface area (Å²) in [6.07, 6.45) is 4.02. The van der Waals surface area contributed by atoms with Gasteiger partial charge in [-0.05, 0) is 30.3 Å². The van der Waals surface area contributed by atoms with Crippen molar-refractivity contribution in [1.29, 1.82) is 0 Å². The van der Waals surface area contributed by atoms with Crippen LogP contribution < -0.4 is 0 Å². The smallest absolute Gasteiger partial charge is 0.256 e. The van der Waals surface area contributed by atoms with Crippen molar-refractivity contribution in [3.05, 3.63) is 66.1 Å². The minimum absolute atomic E-state index is 0.0538. The summed E-state index contributed by atoms with van der Waals surface area (Å²) in [4.78, 5) is 8.45. The van der Waals surface area contributed by atoms with Crippen LogP contribution in [0, 0.1) is 5.82 Å². The molecule has 0 fully saturated rings. The van der Waals surface area contributed by atoms with E-state index in [2.05, 4.69) is 9.97 Å². The Bertz CT molecular complexity index is 1090. The molecule has 0 aliphatic rings. The van der Waals surface area contributed by atoms with E-state index >= 15 is 0 Å². The highest BCUT2D eigenvalue weighted by Crippen LogP contribution is 2.33. The monoisotopic (exact) mass is 376 g/mol. The Morgan fingerprint density at radius 2 is 1.88 bits per heavy atom. The normalized spacial score (nSPS) is 11.6. The van der Waals surface area contributed by atoms with Gasteiger partial charge in [-0.2, -0.15) is 0 Å². The van der Waals surface area contributed by atoms with E-state index in [4.69, 9.17) is 11.6 Å². The van der Waals surface area contributed by atoms with Crippen molar-refractivity contribution < 1.29 is 13.2 Å². The Kier molecular flexibility index (Phi) is 4.16. The molecular formula is C18H12ClF3N4. The van der Waals surface area contributed by atoms with E-state index in [0.717, 1.165) is 5.65 Å². The number of fused-ring (bicyclic) bond motifs is 1. The zero-order valence-electron chi connectivity index (χ0n) is 13.3. The number of hydrogen-bond donors (Lipinski definition) is 0. The Labute approximate surface area is 151 Å². The number of benzene rings is 1. The van der Waals surface area contributed by atoms with Crippen LogP contribution in [0.5, 0.6) is 0 Å². The maximum atomic E-state index is 13.5. The molecule has 0 aliphatic carbocycles. The maximum Gasteiger partial charge on any atom is 0.256 e. The molecule has 3 aromatic heterocycles. The van der Waals surface area contributed by atoms with Gasteiger partial charge in [0, 0.05) is 29.7 Å². The highest BCUT2D eigenvalue weighted by atomic mass is 35.5. The molecule has 0 atom stereocenters. The second kappa shape index (κ2) is 6.49. The van der Waals surface area contributed by atoms with E-state index < -0.39 is 18.8 Å². The lowest BCUT2D eigenvalue weighted by Gasteiger charge is -2.11. The van der Waals surface area contributed by atoms with E-state index in [1.54, 1.807) is 35.1 Å². The molecule has 0 aliphatic heterocycles. The highest BCUT2D eigenvalue weighted by molar-refractivity contribution is 6.31. The summed E-state index contributed by atoms with van der Waals surface area (Å²) in [7, 11) is 0. The summed E-state index contributed by atoms with van der Waals surface area (Å²) in [5, 5.41) is -0.0538. The molecule has 0 amide bonds. The second-order valence-electron chi connectivity index (χ2n) is 5.72. The van der Waals surface area contributed by atoms with Crippen LogP contribution in [0.2, 0.25) is 5.02 Å². The van der Waals surface area contributed by atoms with Crippen molar-refractivity contribution in [1.82, 2.24) is 18.9 Å². The average molecular weight is 377 g/mol. The topological polar surface area (TPSA) is 35.1 Å². The Morgan fingerprint density at radius 1 is 1.08 bits per heavy atom. The molecule has 26 heavy (non-hydrogen) atoms. The van der Waals surface area contributed by atoms with Crippen LogP contribution in [0.3, 0.4) is 0 Å². The van der Waals surface area contributed by atoms with Gasteiger partial charge in [0.1, 0.15) is 11.5 Å².